The van der Waals surface area contributed by atoms with Crippen LogP contribution in [-0.2, 0) is 16.0 Å². The second-order valence-corrected chi connectivity index (χ2v) is 6.15. The molecule has 0 amide bonds. The van der Waals surface area contributed by atoms with Gasteiger partial charge in [0.25, 0.3) is 0 Å². The van der Waals surface area contributed by atoms with Crippen molar-refractivity contribution in [1.29, 1.82) is 0 Å². The van der Waals surface area contributed by atoms with Gasteiger partial charge in [-0.15, -0.1) is 0 Å². The third kappa shape index (κ3) is 6.23. The smallest absolute Gasteiger partial charge is 0.310 e. The van der Waals surface area contributed by atoms with Crippen LogP contribution in [0.25, 0.3) is 0 Å². The van der Waals surface area contributed by atoms with Crippen LogP contribution in [0.15, 0.2) is 45.6 Å². The van der Waals surface area contributed by atoms with Gasteiger partial charge >= 0.3 is 5.97 Å². The van der Waals surface area contributed by atoms with Crippen LogP contribution in [-0.4, -0.2) is 70.2 Å². The van der Waals surface area contributed by atoms with Gasteiger partial charge in [-0.2, -0.15) is 0 Å². The molecule has 0 aliphatic rings. The number of hydrogen-bond acceptors (Lipinski definition) is 6. The molecular formula is C19H29N5O2. The van der Waals surface area contributed by atoms with E-state index in [1.807, 2.05) is 68.5 Å². The Morgan fingerprint density at radius 2 is 1.77 bits per heavy atom. The number of hydrogen-bond donors (Lipinski definition) is 1. The van der Waals surface area contributed by atoms with Gasteiger partial charge in [-0.05, 0) is 17.7 Å². The van der Waals surface area contributed by atoms with Gasteiger partial charge in [0.1, 0.15) is 11.7 Å². The van der Waals surface area contributed by atoms with Crippen molar-refractivity contribution in [3.05, 3.63) is 41.2 Å². The predicted octanol–water partition coefficient (Wildman–Crippen LogP) is 1.81. The first kappa shape index (κ1) is 21.2. The normalized spacial score (nSPS) is 12.8. The van der Waals surface area contributed by atoms with Gasteiger partial charge in [-0.3, -0.25) is 9.79 Å². The Hall–Kier alpha value is -2.83. The maximum atomic E-state index is 11.9. The van der Waals surface area contributed by atoms with Crippen molar-refractivity contribution in [2.45, 2.75) is 12.8 Å². The fraction of sp³-hybridized carbons (Fsp3) is 0.421. The Morgan fingerprint density at radius 3 is 2.23 bits per heavy atom. The topological polar surface area (TPSA) is 83.5 Å². The quantitative estimate of drug-likeness (QED) is 0.347. The molecule has 0 radical (unpaired) electrons. The Kier molecular flexibility index (Phi) is 8.34. The zero-order valence-electron chi connectivity index (χ0n) is 16.5. The summed E-state index contributed by atoms with van der Waals surface area (Å²) in [7, 11) is 10.6. The lowest BCUT2D eigenvalue weighted by molar-refractivity contribution is -0.139. The summed E-state index contributed by atoms with van der Waals surface area (Å²) in [6, 6.07) is 7.66. The highest BCUT2D eigenvalue weighted by molar-refractivity contribution is 6.02. The number of likely N-dealkylation sites (N-methyl/N-ethyl adjacent to an activating group) is 1. The Morgan fingerprint density at radius 1 is 1.15 bits per heavy atom. The number of esters is 1. The number of anilines is 1. The van der Waals surface area contributed by atoms with E-state index in [1.54, 1.807) is 7.05 Å². The van der Waals surface area contributed by atoms with E-state index in [0.29, 0.717) is 23.7 Å². The molecule has 0 bridgehead atoms. The molecule has 0 aliphatic heterocycles. The molecular weight excluding hydrogens is 330 g/mol. The number of carbonyl (C=O) groups excluding carboxylic acids is 1. The lowest BCUT2D eigenvalue weighted by Crippen LogP contribution is -2.29. The molecule has 0 saturated carbocycles. The summed E-state index contributed by atoms with van der Waals surface area (Å²) in [6.45, 7) is 0. The fourth-order valence-electron chi connectivity index (χ4n) is 2.43. The lowest BCUT2D eigenvalue weighted by Gasteiger charge is -2.23. The maximum absolute atomic E-state index is 11.9. The minimum absolute atomic E-state index is 0.0913. The first-order valence-electron chi connectivity index (χ1n) is 8.28. The molecule has 0 spiro atoms. The number of ether oxygens (including phenoxy) is 1. The third-order valence-corrected chi connectivity index (χ3v) is 3.67. The minimum Gasteiger partial charge on any atom is -0.469 e. The standard InChI is InChI=1S/C19H29N5O2/c1-21-18(23(2)3)16(13-17(25)26-6)19(24(4)5)22-12-11-14-7-9-15(20)10-8-14/h7-10,12H,11,13,20H2,1-6H3/b19-16+,21-18?,22-12?. The van der Waals surface area contributed by atoms with E-state index < -0.39 is 0 Å². The zero-order chi connectivity index (χ0) is 19.7. The Labute approximate surface area is 155 Å². The summed E-state index contributed by atoms with van der Waals surface area (Å²) in [5.41, 5.74) is 8.26. The van der Waals surface area contributed by atoms with E-state index in [-0.39, 0.29) is 12.4 Å². The van der Waals surface area contributed by atoms with Gasteiger partial charge in [0.15, 0.2) is 0 Å². The second kappa shape index (κ2) is 10.2. The molecule has 0 saturated heterocycles. The van der Waals surface area contributed by atoms with Crippen molar-refractivity contribution in [2.24, 2.45) is 9.98 Å². The fourth-order valence-corrected chi connectivity index (χ4v) is 2.43. The highest BCUT2D eigenvalue weighted by Gasteiger charge is 2.20. The van der Waals surface area contributed by atoms with Crippen molar-refractivity contribution in [3.63, 3.8) is 0 Å². The molecule has 0 heterocycles. The van der Waals surface area contributed by atoms with Crippen LogP contribution in [0, 0.1) is 0 Å². The number of aliphatic imine (C=N–C) groups is 2. The van der Waals surface area contributed by atoms with Crippen molar-refractivity contribution >= 4 is 23.7 Å². The number of carbonyl (C=O) groups is 1. The molecule has 142 valence electrons. The van der Waals surface area contributed by atoms with E-state index >= 15 is 0 Å². The number of nitrogen functional groups attached to an aromatic ring is 1. The van der Waals surface area contributed by atoms with Gasteiger partial charge in [0.05, 0.1) is 13.5 Å². The van der Waals surface area contributed by atoms with E-state index in [2.05, 4.69) is 9.98 Å². The molecule has 1 aromatic carbocycles. The molecule has 1 rings (SSSR count). The van der Waals surface area contributed by atoms with E-state index in [4.69, 9.17) is 10.5 Å². The summed E-state index contributed by atoms with van der Waals surface area (Å²) in [5.74, 6) is 1.01. The maximum Gasteiger partial charge on any atom is 0.310 e. The second-order valence-electron chi connectivity index (χ2n) is 6.15. The number of methoxy groups -OCH3 is 1. The van der Waals surface area contributed by atoms with Crippen molar-refractivity contribution < 1.29 is 9.53 Å². The van der Waals surface area contributed by atoms with E-state index in [9.17, 15) is 4.79 Å². The summed E-state index contributed by atoms with van der Waals surface area (Å²) >= 11 is 0. The SMILES string of the molecule is CN=C(/C(CC(=O)OC)=C(\N=CCc1ccc(N)cc1)N(C)C)N(C)C. The molecule has 0 unspecified atom stereocenters. The van der Waals surface area contributed by atoms with Crippen LogP contribution < -0.4 is 5.73 Å². The van der Waals surface area contributed by atoms with E-state index in [0.717, 1.165) is 11.3 Å². The van der Waals surface area contributed by atoms with Crippen LogP contribution in [0.3, 0.4) is 0 Å². The number of nitrogens with zero attached hydrogens (tertiary/aromatic N) is 4. The van der Waals surface area contributed by atoms with Gasteiger partial charge in [-0.25, -0.2) is 4.99 Å². The molecule has 1 aromatic rings. The monoisotopic (exact) mass is 359 g/mol. The summed E-state index contributed by atoms with van der Waals surface area (Å²) in [4.78, 5) is 24.6. The molecule has 0 aliphatic carbocycles. The first-order valence-corrected chi connectivity index (χ1v) is 8.28. The van der Waals surface area contributed by atoms with Crippen molar-refractivity contribution in [3.8, 4) is 0 Å². The van der Waals surface area contributed by atoms with Crippen LogP contribution in [0.2, 0.25) is 0 Å². The number of amidine groups is 1. The van der Waals surface area contributed by atoms with Crippen LogP contribution in [0.1, 0.15) is 12.0 Å². The number of nitrogens with two attached hydrogens (primary N) is 1. The summed E-state index contributed by atoms with van der Waals surface area (Å²) in [5, 5.41) is 0. The Balaban J connectivity index is 3.23. The first-order chi connectivity index (χ1) is 12.3. The van der Waals surface area contributed by atoms with Crippen molar-refractivity contribution in [2.75, 3.05) is 48.1 Å². The van der Waals surface area contributed by atoms with Crippen LogP contribution >= 0.6 is 0 Å². The van der Waals surface area contributed by atoms with Crippen molar-refractivity contribution in [1.82, 2.24) is 9.80 Å². The number of rotatable bonds is 7. The minimum atomic E-state index is -0.337. The van der Waals surface area contributed by atoms with Crippen LogP contribution in [0.5, 0.6) is 0 Å². The molecule has 7 heteroatoms. The van der Waals surface area contributed by atoms with Gasteiger partial charge in [0, 0.05) is 59.1 Å². The third-order valence-electron chi connectivity index (χ3n) is 3.67. The summed E-state index contributed by atoms with van der Waals surface area (Å²) in [6.07, 6.45) is 2.57. The molecule has 0 atom stereocenters. The molecule has 0 aromatic heterocycles. The van der Waals surface area contributed by atoms with Crippen LogP contribution in [0.4, 0.5) is 5.69 Å². The molecule has 2 N–H and O–H groups in total. The molecule has 0 fully saturated rings. The van der Waals surface area contributed by atoms with Gasteiger partial charge in [-0.1, -0.05) is 12.1 Å². The highest BCUT2D eigenvalue weighted by Crippen LogP contribution is 2.17. The Bertz CT molecular complexity index is 688. The highest BCUT2D eigenvalue weighted by atomic mass is 16.5. The lowest BCUT2D eigenvalue weighted by atomic mass is 10.1. The average molecular weight is 359 g/mol. The van der Waals surface area contributed by atoms with Gasteiger partial charge in [0.2, 0.25) is 0 Å². The van der Waals surface area contributed by atoms with Gasteiger partial charge < -0.3 is 20.3 Å². The molecule has 7 nitrogen and oxygen atoms in total. The predicted molar refractivity (Wildman–Crippen MR) is 107 cm³/mol. The zero-order valence-corrected chi connectivity index (χ0v) is 16.5. The number of benzene rings is 1. The largest absolute Gasteiger partial charge is 0.469 e. The molecule has 26 heavy (non-hydrogen) atoms. The van der Waals surface area contributed by atoms with E-state index in [1.165, 1.54) is 7.11 Å². The average Bonchev–Trinajstić information content (AvgIpc) is 2.59. The summed E-state index contributed by atoms with van der Waals surface area (Å²) < 4.78 is 4.84.